The first kappa shape index (κ1) is 23.6. The van der Waals surface area contributed by atoms with Gasteiger partial charge in [0.15, 0.2) is 10.7 Å². The molecule has 0 aliphatic rings. The predicted octanol–water partition coefficient (Wildman–Crippen LogP) is 7.04. The van der Waals surface area contributed by atoms with Crippen LogP contribution in [0.5, 0.6) is 0 Å². The van der Waals surface area contributed by atoms with E-state index in [-0.39, 0.29) is 16.4 Å². The number of nitrogens with zero attached hydrogens (tertiary/aromatic N) is 1. The third-order valence-corrected chi connectivity index (χ3v) is 5.91. The average Bonchev–Trinajstić information content (AvgIpc) is 3.22. The van der Waals surface area contributed by atoms with E-state index in [4.69, 9.17) is 16.6 Å². The van der Waals surface area contributed by atoms with Gasteiger partial charge in [-0.2, -0.15) is 0 Å². The Kier molecular flexibility index (Phi) is 6.53. The Balaban J connectivity index is 1.43. The van der Waals surface area contributed by atoms with Crippen LogP contribution in [0.2, 0.25) is 0 Å². The van der Waals surface area contributed by atoms with Crippen molar-refractivity contribution >= 4 is 40.0 Å². The van der Waals surface area contributed by atoms with Gasteiger partial charge in [-0.3, -0.25) is 10.1 Å². The lowest BCUT2D eigenvalue weighted by atomic mass is 9.87. The fourth-order valence-electron chi connectivity index (χ4n) is 3.60. The number of aromatic nitrogens is 1. The summed E-state index contributed by atoms with van der Waals surface area (Å²) in [4.78, 5) is 17.2. The Morgan fingerprint density at radius 3 is 2.26 bits per heavy atom. The summed E-state index contributed by atoms with van der Waals surface area (Å²) in [5.41, 5.74) is 6.06. The molecule has 6 heteroatoms. The summed E-state index contributed by atoms with van der Waals surface area (Å²) in [6.07, 6.45) is 0. The number of hydrogen-bond acceptors (Lipinski definition) is 4. The monoisotopic (exact) mass is 471 g/mol. The van der Waals surface area contributed by atoms with E-state index in [1.54, 1.807) is 0 Å². The molecule has 0 unspecified atom stereocenters. The third-order valence-electron chi connectivity index (χ3n) is 5.71. The van der Waals surface area contributed by atoms with Crippen LogP contribution in [0.4, 0.5) is 5.69 Å². The van der Waals surface area contributed by atoms with Gasteiger partial charge in [0.1, 0.15) is 5.52 Å². The van der Waals surface area contributed by atoms with Crippen molar-refractivity contribution in [3.63, 3.8) is 0 Å². The molecule has 4 aromatic rings. The van der Waals surface area contributed by atoms with Crippen LogP contribution in [0.1, 0.15) is 62.0 Å². The molecule has 0 spiro atoms. The second-order valence-electron chi connectivity index (χ2n) is 9.71. The van der Waals surface area contributed by atoms with Crippen LogP contribution in [-0.4, -0.2) is 16.0 Å². The van der Waals surface area contributed by atoms with Crippen molar-refractivity contribution in [3.8, 4) is 11.5 Å². The number of anilines is 1. The first-order chi connectivity index (χ1) is 16.1. The topological polar surface area (TPSA) is 67.2 Å². The number of benzene rings is 3. The minimum Gasteiger partial charge on any atom is -0.436 e. The van der Waals surface area contributed by atoms with E-state index in [1.807, 2.05) is 54.6 Å². The molecule has 4 rings (SSSR count). The van der Waals surface area contributed by atoms with Crippen LogP contribution in [0.15, 0.2) is 71.1 Å². The number of hydrogen-bond donors (Lipinski definition) is 2. The fraction of sp³-hybridized carbons (Fsp3) is 0.250. The van der Waals surface area contributed by atoms with Crippen LogP contribution in [0, 0.1) is 0 Å². The van der Waals surface area contributed by atoms with Gasteiger partial charge in [-0.1, -0.05) is 58.9 Å². The van der Waals surface area contributed by atoms with Gasteiger partial charge in [0.05, 0.1) is 0 Å². The highest BCUT2D eigenvalue weighted by Gasteiger charge is 2.15. The number of amides is 1. The average molecular weight is 472 g/mol. The number of rotatable bonds is 4. The molecule has 34 heavy (non-hydrogen) atoms. The van der Waals surface area contributed by atoms with Crippen molar-refractivity contribution in [2.75, 3.05) is 5.32 Å². The quantitative estimate of drug-likeness (QED) is 0.312. The van der Waals surface area contributed by atoms with Gasteiger partial charge >= 0.3 is 0 Å². The molecule has 0 radical (unpaired) electrons. The highest BCUT2D eigenvalue weighted by atomic mass is 32.1. The highest BCUT2D eigenvalue weighted by molar-refractivity contribution is 7.80. The number of nitrogens with one attached hydrogen (secondary N) is 2. The van der Waals surface area contributed by atoms with Crippen LogP contribution >= 0.6 is 12.2 Å². The summed E-state index contributed by atoms with van der Waals surface area (Å²) in [6, 6.07) is 21.3. The van der Waals surface area contributed by atoms with E-state index in [2.05, 4.69) is 62.4 Å². The smallest absolute Gasteiger partial charge is 0.257 e. The number of carbonyl (C=O) groups excluding carboxylic acids is 1. The Hall–Kier alpha value is -3.51. The van der Waals surface area contributed by atoms with E-state index in [1.165, 1.54) is 11.1 Å². The minimum absolute atomic E-state index is 0.0308. The van der Waals surface area contributed by atoms with Crippen LogP contribution in [0.25, 0.3) is 22.6 Å². The van der Waals surface area contributed by atoms with Crippen molar-refractivity contribution in [2.24, 2.45) is 0 Å². The molecule has 1 amide bonds. The second kappa shape index (κ2) is 9.39. The first-order valence-corrected chi connectivity index (χ1v) is 11.7. The molecule has 5 nitrogen and oxygen atoms in total. The number of oxazole rings is 1. The van der Waals surface area contributed by atoms with Gasteiger partial charge in [0.25, 0.3) is 5.91 Å². The number of thiocarbonyl (C=S) groups is 1. The molecule has 0 atom stereocenters. The van der Waals surface area contributed by atoms with E-state index >= 15 is 0 Å². The van der Waals surface area contributed by atoms with Crippen molar-refractivity contribution in [1.82, 2.24) is 10.3 Å². The lowest BCUT2D eigenvalue weighted by Crippen LogP contribution is -2.34. The Morgan fingerprint density at radius 2 is 1.65 bits per heavy atom. The van der Waals surface area contributed by atoms with Crippen LogP contribution in [-0.2, 0) is 5.41 Å². The minimum atomic E-state index is -0.257. The maximum atomic E-state index is 12.6. The number of carbonyl (C=O) groups is 1. The zero-order valence-corrected chi connectivity index (χ0v) is 20.9. The predicted molar refractivity (Wildman–Crippen MR) is 142 cm³/mol. The largest absolute Gasteiger partial charge is 0.436 e. The zero-order valence-electron chi connectivity index (χ0n) is 20.1. The Labute approximate surface area is 205 Å². The zero-order chi connectivity index (χ0) is 24.5. The molecule has 0 fully saturated rings. The van der Waals surface area contributed by atoms with E-state index < -0.39 is 0 Å². The summed E-state index contributed by atoms with van der Waals surface area (Å²) >= 11 is 5.35. The lowest BCUT2D eigenvalue weighted by molar-refractivity contribution is 0.0977. The molecular formula is C28H29N3O2S. The summed E-state index contributed by atoms with van der Waals surface area (Å²) < 4.78 is 5.93. The molecule has 1 heterocycles. The van der Waals surface area contributed by atoms with Gasteiger partial charge in [-0.05, 0) is 77.1 Å². The van der Waals surface area contributed by atoms with Crippen LogP contribution in [0.3, 0.4) is 0 Å². The SMILES string of the molecule is CC(C)c1ccc(-c2nc3cc(NC(=S)NC(=O)c4ccc(C(C)(C)C)cc4)ccc3o2)cc1. The summed E-state index contributed by atoms with van der Waals surface area (Å²) in [7, 11) is 0. The van der Waals surface area contributed by atoms with Crippen molar-refractivity contribution < 1.29 is 9.21 Å². The fourth-order valence-corrected chi connectivity index (χ4v) is 3.81. The van der Waals surface area contributed by atoms with Gasteiger partial charge in [0.2, 0.25) is 5.89 Å². The Morgan fingerprint density at radius 1 is 0.971 bits per heavy atom. The van der Waals surface area contributed by atoms with Crippen molar-refractivity contribution in [1.29, 1.82) is 0 Å². The molecule has 0 aliphatic carbocycles. The van der Waals surface area contributed by atoms with Gasteiger partial charge < -0.3 is 9.73 Å². The van der Waals surface area contributed by atoms with Crippen LogP contribution < -0.4 is 10.6 Å². The van der Waals surface area contributed by atoms with Crippen molar-refractivity contribution in [2.45, 2.75) is 46.0 Å². The maximum Gasteiger partial charge on any atom is 0.257 e. The molecule has 3 aromatic carbocycles. The molecule has 174 valence electrons. The molecular weight excluding hydrogens is 442 g/mol. The maximum absolute atomic E-state index is 12.6. The summed E-state index contributed by atoms with van der Waals surface area (Å²) in [5, 5.41) is 6.01. The molecule has 0 saturated heterocycles. The lowest BCUT2D eigenvalue weighted by Gasteiger charge is -2.19. The molecule has 0 bridgehead atoms. The Bertz CT molecular complexity index is 1330. The second-order valence-corrected chi connectivity index (χ2v) is 10.1. The third kappa shape index (κ3) is 5.34. The van der Waals surface area contributed by atoms with E-state index in [0.717, 1.165) is 11.3 Å². The first-order valence-electron chi connectivity index (χ1n) is 11.3. The number of fused-ring (bicyclic) bond motifs is 1. The molecule has 2 N–H and O–H groups in total. The van der Waals surface area contributed by atoms with E-state index in [0.29, 0.717) is 28.5 Å². The molecule has 1 aromatic heterocycles. The molecule has 0 aliphatic heterocycles. The van der Waals surface area contributed by atoms with Gasteiger partial charge in [0, 0.05) is 16.8 Å². The normalized spacial score (nSPS) is 11.6. The summed E-state index contributed by atoms with van der Waals surface area (Å²) in [5.74, 6) is 0.781. The standard InChI is InChI=1S/C28H29N3O2S/c1-17(2)18-6-8-20(9-7-18)26-30-23-16-22(14-15-24(23)33-26)29-27(34)31-25(32)19-10-12-21(13-11-19)28(3,4)5/h6-17H,1-5H3,(H2,29,31,32,34). The summed E-state index contributed by atoms with van der Waals surface area (Å²) in [6.45, 7) is 10.7. The highest BCUT2D eigenvalue weighted by Crippen LogP contribution is 2.27. The van der Waals surface area contributed by atoms with Gasteiger partial charge in [-0.15, -0.1) is 0 Å². The van der Waals surface area contributed by atoms with Gasteiger partial charge in [-0.25, -0.2) is 4.98 Å². The molecule has 0 saturated carbocycles. The van der Waals surface area contributed by atoms with E-state index in [9.17, 15) is 4.79 Å². The van der Waals surface area contributed by atoms with Crippen molar-refractivity contribution in [3.05, 3.63) is 83.4 Å².